The first kappa shape index (κ1) is 22.5. The van der Waals surface area contributed by atoms with E-state index >= 15 is 0 Å². The van der Waals surface area contributed by atoms with E-state index in [-0.39, 0.29) is 24.4 Å². The fourth-order valence-electron chi connectivity index (χ4n) is 4.57. The maximum absolute atomic E-state index is 13.1. The van der Waals surface area contributed by atoms with Crippen LogP contribution in [0.25, 0.3) is 21.3 Å². The number of carbonyl (C=O) groups excluding carboxylic acids is 2. The second-order valence-electron chi connectivity index (χ2n) is 8.40. The maximum Gasteiger partial charge on any atom is 0.262 e. The second kappa shape index (κ2) is 9.15. The van der Waals surface area contributed by atoms with E-state index < -0.39 is 5.91 Å². The normalized spacial score (nSPS) is 13.1. The summed E-state index contributed by atoms with van der Waals surface area (Å²) >= 11 is 2.93. The summed E-state index contributed by atoms with van der Waals surface area (Å²) in [5.74, 6) is -0.880. The summed E-state index contributed by atoms with van der Waals surface area (Å²) in [5, 5.41) is 3.98. The van der Waals surface area contributed by atoms with Gasteiger partial charge >= 0.3 is 0 Å². The van der Waals surface area contributed by atoms with Gasteiger partial charge in [0, 0.05) is 28.3 Å². The molecular weight excluding hydrogens is 468 g/mol. The van der Waals surface area contributed by atoms with Gasteiger partial charge in [-0.2, -0.15) is 0 Å². The highest BCUT2D eigenvalue weighted by atomic mass is 32.1. The Kier molecular flexibility index (Phi) is 6.05. The first-order chi connectivity index (χ1) is 16.4. The average molecular weight is 493 g/mol. The molecule has 0 radical (unpaired) electrons. The van der Waals surface area contributed by atoms with Gasteiger partial charge in [0.2, 0.25) is 5.91 Å². The van der Waals surface area contributed by atoms with E-state index in [1.807, 2.05) is 37.3 Å². The summed E-state index contributed by atoms with van der Waals surface area (Å²) in [5.41, 5.74) is 8.66. The zero-order chi connectivity index (χ0) is 23.8. The van der Waals surface area contributed by atoms with E-state index in [2.05, 4.69) is 10.3 Å². The molecule has 34 heavy (non-hydrogen) atoms. The third-order valence-corrected chi connectivity index (χ3v) is 8.39. The van der Waals surface area contributed by atoms with Crippen LogP contribution in [-0.4, -0.2) is 21.4 Å². The summed E-state index contributed by atoms with van der Waals surface area (Å²) in [6.45, 7) is 2.11. The highest BCUT2D eigenvalue weighted by molar-refractivity contribution is 7.18. The Balaban J connectivity index is 1.37. The molecule has 4 aromatic rings. The van der Waals surface area contributed by atoms with Crippen molar-refractivity contribution >= 4 is 49.7 Å². The molecule has 9 heteroatoms. The third-order valence-electron chi connectivity index (χ3n) is 6.17. The van der Waals surface area contributed by atoms with Gasteiger partial charge < -0.3 is 11.1 Å². The Morgan fingerprint density at radius 2 is 1.91 bits per heavy atom. The van der Waals surface area contributed by atoms with Crippen LogP contribution >= 0.6 is 22.7 Å². The molecule has 1 aliphatic carbocycles. The van der Waals surface area contributed by atoms with E-state index in [4.69, 9.17) is 5.73 Å². The molecule has 3 heterocycles. The lowest BCUT2D eigenvalue weighted by atomic mass is 9.97. The van der Waals surface area contributed by atoms with Crippen molar-refractivity contribution in [1.29, 1.82) is 0 Å². The van der Waals surface area contributed by atoms with Crippen LogP contribution in [0.4, 0.5) is 5.00 Å². The fraction of sp³-hybridized carbons (Fsp3) is 0.280. The number of nitrogens with two attached hydrogens (primary N) is 1. The minimum absolute atomic E-state index is 0.0786. The number of rotatable bonds is 6. The number of anilines is 1. The van der Waals surface area contributed by atoms with Crippen molar-refractivity contribution in [3.8, 4) is 11.1 Å². The Morgan fingerprint density at radius 3 is 2.68 bits per heavy atom. The van der Waals surface area contributed by atoms with Crippen LogP contribution in [0, 0.1) is 6.92 Å². The van der Waals surface area contributed by atoms with Gasteiger partial charge in [0.05, 0.1) is 17.3 Å². The van der Waals surface area contributed by atoms with Crippen molar-refractivity contribution in [3.63, 3.8) is 0 Å². The van der Waals surface area contributed by atoms with Crippen LogP contribution in [0.3, 0.4) is 0 Å². The molecule has 0 aliphatic heterocycles. The number of thiophene rings is 2. The molecule has 0 bridgehead atoms. The van der Waals surface area contributed by atoms with Crippen molar-refractivity contribution in [2.24, 2.45) is 5.73 Å². The number of primary amides is 1. The van der Waals surface area contributed by atoms with Gasteiger partial charge in [0.15, 0.2) is 0 Å². The quantitative estimate of drug-likeness (QED) is 0.413. The van der Waals surface area contributed by atoms with Crippen molar-refractivity contribution in [1.82, 2.24) is 9.55 Å². The molecule has 0 unspecified atom stereocenters. The molecule has 1 aliphatic rings. The van der Waals surface area contributed by atoms with E-state index in [1.165, 1.54) is 27.1 Å². The Morgan fingerprint density at radius 1 is 1.15 bits per heavy atom. The molecule has 3 N–H and O–H groups in total. The van der Waals surface area contributed by atoms with E-state index in [9.17, 15) is 14.4 Å². The number of nitrogens with zero attached hydrogens (tertiary/aromatic N) is 2. The van der Waals surface area contributed by atoms with Crippen molar-refractivity contribution in [3.05, 3.63) is 67.9 Å². The van der Waals surface area contributed by atoms with Gasteiger partial charge in [-0.05, 0) is 43.7 Å². The minimum Gasteiger partial charge on any atom is -0.365 e. The molecule has 3 aromatic heterocycles. The molecule has 5 rings (SSSR count). The summed E-state index contributed by atoms with van der Waals surface area (Å²) in [7, 11) is 0. The maximum atomic E-state index is 13.1. The topological polar surface area (TPSA) is 107 Å². The fourth-order valence-corrected chi connectivity index (χ4v) is 6.89. The molecule has 7 nitrogen and oxygen atoms in total. The number of aromatic nitrogens is 2. The van der Waals surface area contributed by atoms with Crippen molar-refractivity contribution < 1.29 is 9.59 Å². The number of carbonyl (C=O) groups is 2. The van der Waals surface area contributed by atoms with Crippen LogP contribution < -0.4 is 16.6 Å². The molecule has 2 amide bonds. The average Bonchev–Trinajstić information content (AvgIpc) is 3.36. The monoisotopic (exact) mass is 492 g/mol. The first-order valence-electron chi connectivity index (χ1n) is 11.2. The number of hydrogen-bond donors (Lipinski definition) is 2. The second-order valence-corrected chi connectivity index (χ2v) is 10.7. The summed E-state index contributed by atoms with van der Waals surface area (Å²) in [6.07, 6.45) is 5.76. The largest absolute Gasteiger partial charge is 0.365 e. The molecule has 174 valence electrons. The van der Waals surface area contributed by atoms with Crippen LogP contribution in [0.5, 0.6) is 0 Å². The number of hydrogen-bond acceptors (Lipinski definition) is 6. The molecule has 0 saturated carbocycles. The predicted molar refractivity (Wildman–Crippen MR) is 137 cm³/mol. The zero-order valence-corrected chi connectivity index (χ0v) is 20.4. The van der Waals surface area contributed by atoms with Crippen LogP contribution in [0.15, 0.2) is 41.5 Å². The van der Waals surface area contributed by atoms with E-state index in [0.29, 0.717) is 16.0 Å². The molecule has 0 spiro atoms. The molecule has 0 saturated heterocycles. The van der Waals surface area contributed by atoms with Crippen molar-refractivity contribution in [2.45, 2.75) is 45.6 Å². The number of amides is 2. The summed E-state index contributed by atoms with van der Waals surface area (Å²) < 4.78 is 1.51. The number of nitrogens with one attached hydrogen (secondary N) is 1. The summed E-state index contributed by atoms with van der Waals surface area (Å²) in [6, 6.07) is 9.50. The van der Waals surface area contributed by atoms with Gasteiger partial charge in [0.1, 0.15) is 9.83 Å². The number of fused-ring (bicyclic) bond motifs is 3. The molecule has 1 aromatic carbocycles. The zero-order valence-electron chi connectivity index (χ0n) is 18.7. The lowest BCUT2D eigenvalue weighted by Crippen LogP contribution is -2.24. The number of aryl methyl sites for hydroxylation is 4. The summed E-state index contributed by atoms with van der Waals surface area (Å²) in [4.78, 5) is 45.6. The van der Waals surface area contributed by atoms with Crippen LogP contribution in [0.2, 0.25) is 0 Å². The Bertz CT molecular complexity index is 1470. The van der Waals surface area contributed by atoms with Gasteiger partial charge in [-0.15, -0.1) is 22.7 Å². The molecular formula is C25H24N4O3S2. The SMILES string of the molecule is Cc1sc(NC(=O)CCn2cnc3sc4c(c3c2=O)CCCC4)c(C(N)=O)c1-c1ccccc1. The van der Waals surface area contributed by atoms with E-state index in [1.54, 1.807) is 11.3 Å². The Hall–Kier alpha value is -3.30. The van der Waals surface area contributed by atoms with Gasteiger partial charge in [-0.3, -0.25) is 19.0 Å². The minimum atomic E-state index is -0.591. The van der Waals surface area contributed by atoms with Crippen LogP contribution in [0.1, 0.15) is 44.9 Å². The van der Waals surface area contributed by atoms with Gasteiger partial charge in [-0.25, -0.2) is 4.98 Å². The highest BCUT2D eigenvalue weighted by Crippen LogP contribution is 2.39. The molecule has 0 fully saturated rings. The standard InChI is InChI=1S/C25H24N4O3S2/c1-14-19(15-7-3-2-4-8-15)21(22(26)31)24(33-14)28-18(30)11-12-29-13-27-23-20(25(29)32)16-9-5-6-10-17(16)34-23/h2-4,7-8,13H,5-6,9-12H2,1H3,(H2,26,31)(H,28,30). The number of benzene rings is 1. The van der Waals surface area contributed by atoms with Crippen molar-refractivity contribution in [2.75, 3.05) is 5.32 Å². The highest BCUT2D eigenvalue weighted by Gasteiger charge is 2.23. The van der Waals surface area contributed by atoms with E-state index in [0.717, 1.165) is 52.1 Å². The lowest BCUT2D eigenvalue weighted by Gasteiger charge is -2.10. The van der Waals surface area contributed by atoms with Gasteiger partial charge in [-0.1, -0.05) is 30.3 Å². The third kappa shape index (κ3) is 4.05. The van der Waals surface area contributed by atoms with Gasteiger partial charge in [0.25, 0.3) is 11.5 Å². The Labute approximate surface area is 204 Å². The predicted octanol–water partition coefficient (Wildman–Crippen LogP) is 4.50. The smallest absolute Gasteiger partial charge is 0.262 e. The van der Waals surface area contributed by atoms with Crippen LogP contribution in [-0.2, 0) is 24.2 Å². The first-order valence-corrected chi connectivity index (χ1v) is 12.9. The molecule has 0 atom stereocenters. The lowest BCUT2D eigenvalue weighted by molar-refractivity contribution is -0.116.